The lowest BCUT2D eigenvalue weighted by molar-refractivity contribution is -0.121. The number of hydrogen-bond donors (Lipinski definition) is 2. The third-order valence-electron chi connectivity index (χ3n) is 5.46. The van der Waals surface area contributed by atoms with E-state index in [0.29, 0.717) is 22.5 Å². The van der Waals surface area contributed by atoms with Gasteiger partial charge < -0.3 is 9.09 Å². The molecule has 0 saturated heterocycles. The second-order valence-electron chi connectivity index (χ2n) is 7.93. The number of aromatic nitrogens is 3. The van der Waals surface area contributed by atoms with E-state index in [-0.39, 0.29) is 24.5 Å². The van der Waals surface area contributed by atoms with Crippen LogP contribution in [0.4, 0.5) is 4.39 Å². The van der Waals surface area contributed by atoms with E-state index in [2.05, 4.69) is 21.0 Å². The number of hydrazine groups is 1. The maximum Gasteiger partial charge on any atom is 0.271 e. The van der Waals surface area contributed by atoms with Crippen LogP contribution in [-0.4, -0.2) is 26.5 Å². The zero-order valence-corrected chi connectivity index (χ0v) is 19.1. The van der Waals surface area contributed by atoms with Gasteiger partial charge in [-0.15, -0.1) is 0 Å². The number of benzene rings is 2. The van der Waals surface area contributed by atoms with Gasteiger partial charge in [-0.3, -0.25) is 20.4 Å². The molecule has 4 aromatic rings. The summed E-state index contributed by atoms with van der Waals surface area (Å²) >= 11 is 0. The molecule has 0 unspecified atom stereocenters. The Hall–Kier alpha value is -4.27. The van der Waals surface area contributed by atoms with Crippen LogP contribution in [0.2, 0.25) is 0 Å². The lowest BCUT2D eigenvalue weighted by Crippen LogP contribution is -2.41. The third-order valence-corrected chi connectivity index (χ3v) is 5.46. The Labute approximate surface area is 195 Å². The number of aryl methyl sites for hydroxylation is 3. The third kappa shape index (κ3) is 4.88. The van der Waals surface area contributed by atoms with Gasteiger partial charge in [0.2, 0.25) is 17.6 Å². The van der Waals surface area contributed by atoms with Crippen molar-refractivity contribution in [3.05, 3.63) is 88.8 Å². The molecule has 2 aromatic heterocycles. The monoisotopic (exact) mass is 461 g/mol. The van der Waals surface area contributed by atoms with Crippen molar-refractivity contribution in [2.75, 3.05) is 0 Å². The summed E-state index contributed by atoms with van der Waals surface area (Å²) in [4.78, 5) is 29.1. The van der Waals surface area contributed by atoms with Gasteiger partial charge in [0.1, 0.15) is 5.82 Å². The van der Waals surface area contributed by atoms with E-state index < -0.39 is 11.8 Å². The van der Waals surface area contributed by atoms with E-state index in [0.717, 1.165) is 17.1 Å². The average molecular weight is 461 g/mol. The van der Waals surface area contributed by atoms with Crippen LogP contribution < -0.4 is 10.9 Å². The molecule has 9 heteroatoms. The first-order chi connectivity index (χ1) is 16.3. The largest absolute Gasteiger partial charge is 0.339 e. The van der Waals surface area contributed by atoms with Crippen LogP contribution in [0.3, 0.4) is 0 Å². The van der Waals surface area contributed by atoms with Crippen LogP contribution in [0.15, 0.2) is 59.1 Å². The molecule has 0 aliphatic carbocycles. The standard InChI is InChI=1S/C25H24FN5O3/c1-15-13-18(9-10-21(15)26)24-27-23(34-30-24)12-11-22(32)28-29-25(33)20-14-16(2)31(17(20)3)19-7-5-4-6-8-19/h4-10,13-14H,11-12H2,1-3H3,(H,28,32)(H,29,33). The number of amides is 2. The van der Waals surface area contributed by atoms with E-state index in [1.807, 2.05) is 48.7 Å². The number of nitrogens with zero attached hydrogens (tertiary/aromatic N) is 3. The summed E-state index contributed by atoms with van der Waals surface area (Å²) in [5.41, 5.74) is 9.07. The fourth-order valence-corrected chi connectivity index (χ4v) is 3.70. The Morgan fingerprint density at radius 2 is 1.79 bits per heavy atom. The molecule has 0 aliphatic heterocycles. The van der Waals surface area contributed by atoms with Gasteiger partial charge in [0.15, 0.2) is 0 Å². The molecule has 0 aliphatic rings. The van der Waals surface area contributed by atoms with Crippen molar-refractivity contribution >= 4 is 11.8 Å². The fourth-order valence-electron chi connectivity index (χ4n) is 3.70. The van der Waals surface area contributed by atoms with Crippen LogP contribution in [0.1, 0.15) is 39.6 Å². The van der Waals surface area contributed by atoms with Gasteiger partial charge in [0.05, 0.1) is 5.56 Å². The van der Waals surface area contributed by atoms with Gasteiger partial charge in [0, 0.05) is 35.5 Å². The number of nitrogens with one attached hydrogen (secondary N) is 2. The van der Waals surface area contributed by atoms with Crippen LogP contribution in [0.5, 0.6) is 0 Å². The van der Waals surface area contributed by atoms with Crippen LogP contribution in [0, 0.1) is 26.6 Å². The molecule has 8 nitrogen and oxygen atoms in total. The summed E-state index contributed by atoms with van der Waals surface area (Å²) in [6, 6.07) is 16.0. The topological polar surface area (TPSA) is 102 Å². The lowest BCUT2D eigenvalue weighted by Gasteiger charge is -2.10. The quantitative estimate of drug-likeness (QED) is 0.423. The number of rotatable bonds is 6. The van der Waals surface area contributed by atoms with Crippen molar-refractivity contribution in [3.63, 3.8) is 0 Å². The van der Waals surface area contributed by atoms with E-state index in [9.17, 15) is 14.0 Å². The summed E-state index contributed by atoms with van der Waals surface area (Å²) in [5, 5.41) is 3.88. The van der Waals surface area contributed by atoms with Gasteiger partial charge in [-0.2, -0.15) is 4.98 Å². The predicted molar refractivity (Wildman–Crippen MR) is 124 cm³/mol. The molecule has 2 aromatic carbocycles. The van der Waals surface area contributed by atoms with E-state index in [1.165, 1.54) is 6.07 Å². The molecule has 174 valence electrons. The highest BCUT2D eigenvalue weighted by Gasteiger charge is 2.17. The highest BCUT2D eigenvalue weighted by molar-refractivity contribution is 5.97. The van der Waals surface area contributed by atoms with Crippen molar-refractivity contribution in [1.82, 2.24) is 25.6 Å². The highest BCUT2D eigenvalue weighted by Crippen LogP contribution is 2.21. The zero-order chi connectivity index (χ0) is 24.2. The molecule has 0 saturated carbocycles. The molecule has 2 heterocycles. The number of para-hydroxylation sites is 1. The first-order valence-electron chi connectivity index (χ1n) is 10.8. The van der Waals surface area contributed by atoms with Gasteiger partial charge in [-0.05, 0) is 62.7 Å². The summed E-state index contributed by atoms with van der Waals surface area (Å²) in [7, 11) is 0. The van der Waals surface area contributed by atoms with Crippen LogP contribution in [-0.2, 0) is 11.2 Å². The average Bonchev–Trinajstić information content (AvgIpc) is 3.42. The smallest absolute Gasteiger partial charge is 0.271 e. The summed E-state index contributed by atoms with van der Waals surface area (Å²) < 4.78 is 20.6. The van der Waals surface area contributed by atoms with Gasteiger partial charge >= 0.3 is 0 Å². The van der Waals surface area contributed by atoms with Crippen molar-refractivity contribution in [1.29, 1.82) is 0 Å². The minimum absolute atomic E-state index is 0.0351. The molecular weight excluding hydrogens is 437 g/mol. The first kappa shape index (κ1) is 22.9. The Morgan fingerprint density at radius 1 is 1.03 bits per heavy atom. The SMILES string of the molecule is Cc1cc(-c2noc(CCC(=O)NNC(=O)c3cc(C)n(-c4ccccc4)c3C)n2)ccc1F. The fraction of sp³-hybridized carbons (Fsp3) is 0.200. The van der Waals surface area contributed by atoms with Gasteiger partial charge in [0.25, 0.3) is 5.91 Å². The Bertz CT molecular complexity index is 1340. The minimum atomic E-state index is -0.407. The van der Waals surface area contributed by atoms with Crippen LogP contribution in [0.25, 0.3) is 17.1 Å². The lowest BCUT2D eigenvalue weighted by atomic mass is 10.1. The molecule has 0 spiro atoms. The molecule has 4 rings (SSSR count). The second-order valence-corrected chi connectivity index (χ2v) is 7.93. The highest BCUT2D eigenvalue weighted by atomic mass is 19.1. The molecule has 0 bridgehead atoms. The molecule has 0 atom stereocenters. The molecular formula is C25H24FN5O3. The van der Waals surface area contributed by atoms with E-state index in [4.69, 9.17) is 4.52 Å². The zero-order valence-electron chi connectivity index (χ0n) is 19.1. The number of halogens is 1. The molecule has 34 heavy (non-hydrogen) atoms. The number of hydrogen-bond acceptors (Lipinski definition) is 5. The van der Waals surface area contributed by atoms with E-state index >= 15 is 0 Å². The Kier molecular flexibility index (Phi) is 6.53. The maximum atomic E-state index is 13.4. The van der Waals surface area contributed by atoms with E-state index in [1.54, 1.807) is 25.1 Å². The summed E-state index contributed by atoms with van der Waals surface area (Å²) in [6.07, 6.45) is 0.227. The molecule has 0 fully saturated rings. The molecule has 2 amide bonds. The summed E-state index contributed by atoms with van der Waals surface area (Å²) in [5.74, 6) is -0.531. The number of carbonyl (C=O) groups is 2. The first-order valence-corrected chi connectivity index (χ1v) is 10.8. The van der Waals surface area contributed by atoms with Gasteiger partial charge in [-0.25, -0.2) is 4.39 Å². The Morgan fingerprint density at radius 3 is 2.53 bits per heavy atom. The Balaban J connectivity index is 1.32. The minimum Gasteiger partial charge on any atom is -0.339 e. The second kappa shape index (κ2) is 9.70. The number of carbonyl (C=O) groups excluding carboxylic acids is 2. The molecule has 0 radical (unpaired) electrons. The van der Waals surface area contributed by atoms with Gasteiger partial charge in [-0.1, -0.05) is 23.4 Å². The predicted octanol–water partition coefficient (Wildman–Crippen LogP) is 3.99. The van der Waals surface area contributed by atoms with Crippen molar-refractivity contribution < 1.29 is 18.5 Å². The summed E-state index contributed by atoms with van der Waals surface area (Å²) in [6.45, 7) is 5.42. The van der Waals surface area contributed by atoms with Crippen molar-refractivity contribution in [2.24, 2.45) is 0 Å². The molecule has 2 N–H and O–H groups in total. The normalized spacial score (nSPS) is 10.8. The van der Waals surface area contributed by atoms with Crippen LogP contribution >= 0.6 is 0 Å². The van der Waals surface area contributed by atoms with Crippen molar-refractivity contribution in [3.8, 4) is 17.1 Å². The maximum absolute atomic E-state index is 13.4. The van der Waals surface area contributed by atoms with Crippen molar-refractivity contribution in [2.45, 2.75) is 33.6 Å².